The van der Waals surface area contributed by atoms with E-state index in [2.05, 4.69) is 27.7 Å². The Bertz CT molecular complexity index is 1180. The molecule has 1 saturated heterocycles. The summed E-state index contributed by atoms with van der Waals surface area (Å²) in [6.45, 7) is 8.23. The third-order valence-corrected chi connectivity index (χ3v) is 6.39. The van der Waals surface area contributed by atoms with Crippen LogP contribution in [0, 0.1) is 0 Å². The summed E-state index contributed by atoms with van der Waals surface area (Å²) in [7, 11) is 0. The molecule has 0 aliphatic carbocycles. The van der Waals surface area contributed by atoms with E-state index in [1.807, 2.05) is 84.9 Å². The molecule has 0 atom stereocenters. The molecule has 4 aromatic rings. The van der Waals surface area contributed by atoms with Gasteiger partial charge < -0.3 is 9.47 Å². The first-order valence-electron chi connectivity index (χ1n) is 11.2. The van der Waals surface area contributed by atoms with Crippen molar-refractivity contribution in [3.05, 3.63) is 90.5 Å². The standard InChI is InChI=1S/C28H27N3O2/c1-27(2)28(3,4)33-26(32-27)22-17-15-21(16-18-22)25-30-23(19-11-7-5-8-12-19)29-24(31-25)20-13-9-6-10-14-20/h5-18,26H,1-4H3. The van der Waals surface area contributed by atoms with Gasteiger partial charge in [-0.15, -0.1) is 0 Å². The van der Waals surface area contributed by atoms with Gasteiger partial charge in [0, 0.05) is 22.3 Å². The molecule has 3 aromatic carbocycles. The lowest BCUT2D eigenvalue weighted by atomic mass is 9.90. The van der Waals surface area contributed by atoms with Crippen molar-refractivity contribution in [2.75, 3.05) is 0 Å². The van der Waals surface area contributed by atoms with Gasteiger partial charge in [-0.25, -0.2) is 15.0 Å². The van der Waals surface area contributed by atoms with Crippen molar-refractivity contribution < 1.29 is 9.47 Å². The van der Waals surface area contributed by atoms with Crippen LogP contribution in [0.5, 0.6) is 0 Å². The van der Waals surface area contributed by atoms with Crippen molar-refractivity contribution in [3.8, 4) is 34.2 Å². The molecule has 0 bridgehead atoms. The van der Waals surface area contributed by atoms with Gasteiger partial charge in [-0.3, -0.25) is 0 Å². The highest BCUT2D eigenvalue weighted by Gasteiger charge is 2.49. The van der Waals surface area contributed by atoms with Crippen LogP contribution < -0.4 is 0 Å². The number of benzene rings is 3. The maximum Gasteiger partial charge on any atom is 0.185 e. The normalized spacial score (nSPS) is 17.2. The molecule has 0 N–H and O–H groups in total. The Morgan fingerprint density at radius 3 is 1.27 bits per heavy atom. The SMILES string of the molecule is CC1(C)OC(c2ccc(-c3nc(-c4ccccc4)nc(-c4ccccc4)n3)cc2)OC1(C)C. The molecule has 1 aliphatic heterocycles. The molecule has 5 nitrogen and oxygen atoms in total. The van der Waals surface area contributed by atoms with Gasteiger partial charge in [0.05, 0.1) is 11.2 Å². The van der Waals surface area contributed by atoms with Crippen molar-refractivity contribution in [2.24, 2.45) is 0 Å². The van der Waals surface area contributed by atoms with E-state index in [4.69, 9.17) is 24.4 Å². The van der Waals surface area contributed by atoms with E-state index in [1.54, 1.807) is 0 Å². The highest BCUT2D eigenvalue weighted by atomic mass is 16.7. The predicted molar refractivity (Wildman–Crippen MR) is 129 cm³/mol. The number of ether oxygens (including phenoxy) is 2. The Labute approximate surface area is 194 Å². The van der Waals surface area contributed by atoms with Crippen LogP contribution in [0.15, 0.2) is 84.9 Å². The van der Waals surface area contributed by atoms with Crippen molar-refractivity contribution >= 4 is 0 Å². The molecule has 2 heterocycles. The first-order chi connectivity index (χ1) is 15.8. The van der Waals surface area contributed by atoms with Crippen LogP contribution in [-0.4, -0.2) is 26.2 Å². The molecule has 166 valence electrons. The van der Waals surface area contributed by atoms with Gasteiger partial charge in [-0.05, 0) is 27.7 Å². The Morgan fingerprint density at radius 2 is 0.879 bits per heavy atom. The maximum absolute atomic E-state index is 6.19. The van der Waals surface area contributed by atoms with Crippen molar-refractivity contribution in [2.45, 2.75) is 45.2 Å². The van der Waals surface area contributed by atoms with E-state index in [9.17, 15) is 0 Å². The summed E-state index contributed by atoms with van der Waals surface area (Å²) in [5.41, 5.74) is 3.03. The van der Waals surface area contributed by atoms with Crippen LogP contribution in [0.2, 0.25) is 0 Å². The van der Waals surface area contributed by atoms with E-state index >= 15 is 0 Å². The van der Waals surface area contributed by atoms with Crippen LogP contribution in [0.25, 0.3) is 34.2 Å². The summed E-state index contributed by atoms with van der Waals surface area (Å²) in [4.78, 5) is 14.3. The lowest BCUT2D eigenvalue weighted by Gasteiger charge is -2.30. The molecule has 33 heavy (non-hydrogen) atoms. The van der Waals surface area contributed by atoms with Crippen LogP contribution in [0.3, 0.4) is 0 Å². The topological polar surface area (TPSA) is 57.1 Å². The summed E-state index contributed by atoms with van der Waals surface area (Å²) in [6, 6.07) is 28.0. The fraction of sp³-hybridized carbons (Fsp3) is 0.250. The summed E-state index contributed by atoms with van der Waals surface area (Å²) < 4.78 is 12.4. The van der Waals surface area contributed by atoms with Gasteiger partial charge in [-0.1, -0.05) is 84.9 Å². The molecule has 0 saturated carbocycles. The monoisotopic (exact) mass is 437 g/mol. The predicted octanol–water partition coefficient (Wildman–Crippen LogP) is 6.48. The van der Waals surface area contributed by atoms with Crippen LogP contribution in [0.1, 0.15) is 39.5 Å². The highest BCUT2D eigenvalue weighted by Crippen LogP contribution is 2.44. The van der Waals surface area contributed by atoms with E-state index in [0.717, 1.165) is 22.3 Å². The van der Waals surface area contributed by atoms with Crippen molar-refractivity contribution in [1.82, 2.24) is 15.0 Å². The van der Waals surface area contributed by atoms with Crippen LogP contribution >= 0.6 is 0 Å². The molecular weight excluding hydrogens is 410 g/mol. The smallest absolute Gasteiger partial charge is 0.185 e. The van der Waals surface area contributed by atoms with Gasteiger partial charge in [-0.2, -0.15) is 0 Å². The molecule has 0 amide bonds. The van der Waals surface area contributed by atoms with Gasteiger partial charge in [0.25, 0.3) is 0 Å². The third kappa shape index (κ3) is 4.17. The summed E-state index contributed by atoms with van der Waals surface area (Å²) in [5, 5.41) is 0. The molecule has 0 radical (unpaired) electrons. The first kappa shape index (κ1) is 21.4. The number of aromatic nitrogens is 3. The minimum Gasteiger partial charge on any atom is -0.339 e. The molecule has 5 rings (SSSR count). The molecule has 0 spiro atoms. The van der Waals surface area contributed by atoms with Crippen LogP contribution in [-0.2, 0) is 9.47 Å². The highest BCUT2D eigenvalue weighted by molar-refractivity contribution is 5.66. The Hall–Kier alpha value is -3.41. The zero-order chi connectivity index (χ0) is 23.1. The van der Waals surface area contributed by atoms with Gasteiger partial charge in [0.15, 0.2) is 23.8 Å². The molecule has 1 aromatic heterocycles. The van der Waals surface area contributed by atoms with Crippen LogP contribution in [0.4, 0.5) is 0 Å². The molecular formula is C28H27N3O2. The summed E-state index contributed by atoms with van der Waals surface area (Å²) >= 11 is 0. The second-order valence-corrected chi connectivity index (χ2v) is 9.25. The lowest BCUT2D eigenvalue weighted by Crippen LogP contribution is -2.41. The number of rotatable bonds is 4. The van der Waals surface area contributed by atoms with E-state index in [0.29, 0.717) is 17.5 Å². The number of hydrogen-bond donors (Lipinski definition) is 0. The molecule has 0 unspecified atom stereocenters. The summed E-state index contributed by atoms with van der Waals surface area (Å²) in [6.07, 6.45) is -0.401. The largest absolute Gasteiger partial charge is 0.339 e. The minimum atomic E-state index is -0.401. The van der Waals surface area contributed by atoms with Gasteiger partial charge in [0.2, 0.25) is 0 Å². The lowest BCUT2D eigenvalue weighted by molar-refractivity contribution is -0.0895. The Balaban J connectivity index is 1.52. The van der Waals surface area contributed by atoms with Gasteiger partial charge in [0.1, 0.15) is 0 Å². The maximum atomic E-state index is 6.19. The van der Waals surface area contributed by atoms with Gasteiger partial charge >= 0.3 is 0 Å². The molecule has 1 fully saturated rings. The third-order valence-electron chi connectivity index (χ3n) is 6.39. The fourth-order valence-corrected chi connectivity index (χ4v) is 3.71. The van der Waals surface area contributed by atoms with E-state index in [-0.39, 0.29) is 11.2 Å². The minimum absolute atomic E-state index is 0.375. The number of hydrogen-bond acceptors (Lipinski definition) is 5. The number of nitrogens with zero attached hydrogens (tertiary/aromatic N) is 3. The molecule has 5 heteroatoms. The average Bonchev–Trinajstić information content (AvgIpc) is 3.07. The molecule has 1 aliphatic rings. The van der Waals surface area contributed by atoms with Crippen molar-refractivity contribution in [3.63, 3.8) is 0 Å². The second-order valence-electron chi connectivity index (χ2n) is 9.25. The zero-order valence-electron chi connectivity index (χ0n) is 19.3. The zero-order valence-corrected chi connectivity index (χ0v) is 19.3. The summed E-state index contributed by atoms with van der Waals surface area (Å²) in [5.74, 6) is 1.92. The first-order valence-corrected chi connectivity index (χ1v) is 11.2. The Morgan fingerprint density at radius 1 is 0.515 bits per heavy atom. The van der Waals surface area contributed by atoms with E-state index in [1.165, 1.54) is 0 Å². The second kappa shape index (κ2) is 8.18. The fourth-order valence-electron chi connectivity index (χ4n) is 3.71. The van der Waals surface area contributed by atoms with Crippen molar-refractivity contribution in [1.29, 1.82) is 0 Å². The van der Waals surface area contributed by atoms with E-state index < -0.39 is 6.29 Å². The average molecular weight is 438 g/mol. The Kier molecular flexibility index (Phi) is 5.31. The quantitative estimate of drug-likeness (QED) is 0.366.